The van der Waals surface area contributed by atoms with E-state index in [2.05, 4.69) is 37.3 Å². The van der Waals surface area contributed by atoms with E-state index in [4.69, 9.17) is 5.84 Å². The zero-order valence-electron chi connectivity index (χ0n) is 9.29. The summed E-state index contributed by atoms with van der Waals surface area (Å²) in [7, 11) is 0. The Bertz CT molecular complexity index is 524. The van der Waals surface area contributed by atoms with Crippen LogP contribution in [0.5, 0.6) is 0 Å². The average Bonchev–Trinajstić information content (AvgIpc) is 2.71. The highest BCUT2D eigenvalue weighted by molar-refractivity contribution is 9.10. The van der Waals surface area contributed by atoms with E-state index in [1.165, 1.54) is 12.1 Å². The topological polar surface area (TPSA) is 38.0 Å². The molecule has 0 bridgehead atoms. The van der Waals surface area contributed by atoms with E-state index in [0.717, 1.165) is 19.4 Å². The molecule has 0 saturated carbocycles. The highest BCUT2D eigenvalue weighted by Gasteiger charge is 2.15. The second-order valence-electron chi connectivity index (χ2n) is 3.83. The quantitative estimate of drug-likeness (QED) is 0.604. The molecular weight excluding hydrogens is 383 g/mol. The van der Waals surface area contributed by atoms with Gasteiger partial charge in [-0.15, -0.1) is 11.3 Å². The highest BCUT2D eigenvalue weighted by Crippen LogP contribution is 2.31. The van der Waals surface area contributed by atoms with Crippen molar-refractivity contribution < 1.29 is 4.39 Å². The Labute approximate surface area is 126 Å². The smallest absolute Gasteiger partial charge is 0.124 e. The molecule has 2 rings (SSSR count). The molecule has 2 aromatic rings. The summed E-state index contributed by atoms with van der Waals surface area (Å²) < 4.78 is 15.1. The summed E-state index contributed by atoms with van der Waals surface area (Å²) in [5.74, 6) is 5.34. The van der Waals surface area contributed by atoms with Crippen LogP contribution in [0, 0.1) is 5.82 Å². The Morgan fingerprint density at radius 2 is 2.11 bits per heavy atom. The van der Waals surface area contributed by atoms with Gasteiger partial charge in [-0.05, 0) is 57.6 Å². The predicted molar refractivity (Wildman–Crippen MR) is 79.9 cm³/mol. The molecule has 1 atom stereocenters. The zero-order chi connectivity index (χ0) is 13.1. The van der Waals surface area contributed by atoms with Crippen molar-refractivity contribution >= 4 is 43.2 Å². The van der Waals surface area contributed by atoms with Crippen LogP contribution < -0.4 is 11.3 Å². The van der Waals surface area contributed by atoms with Crippen LogP contribution in [0.1, 0.15) is 16.5 Å². The molecule has 0 saturated heterocycles. The minimum absolute atomic E-state index is 0.0342. The van der Waals surface area contributed by atoms with Crippen molar-refractivity contribution in [3.05, 3.63) is 54.8 Å². The van der Waals surface area contributed by atoms with E-state index in [9.17, 15) is 4.39 Å². The number of halogens is 3. The van der Waals surface area contributed by atoms with Gasteiger partial charge in [-0.1, -0.05) is 15.9 Å². The number of hydrazine groups is 1. The Balaban J connectivity index is 2.23. The van der Waals surface area contributed by atoms with Crippen molar-refractivity contribution in [2.24, 2.45) is 5.84 Å². The fraction of sp³-hybridized carbons (Fsp3) is 0.167. The molecule has 18 heavy (non-hydrogen) atoms. The van der Waals surface area contributed by atoms with Crippen LogP contribution in [0.15, 0.2) is 38.6 Å². The van der Waals surface area contributed by atoms with Gasteiger partial charge in [0.05, 0.1) is 6.04 Å². The van der Waals surface area contributed by atoms with Gasteiger partial charge in [0.1, 0.15) is 5.82 Å². The van der Waals surface area contributed by atoms with Crippen LogP contribution in [-0.4, -0.2) is 0 Å². The Morgan fingerprint density at radius 3 is 2.67 bits per heavy atom. The molecule has 1 aromatic heterocycles. The summed E-state index contributed by atoms with van der Waals surface area (Å²) >= 11 is 8.39. The second kappa shape index (κ2) is 6.25. The minimum atomic E-state index is -0.250. The van der Waals surface area contributed by atoms with Crippen LogP contribution in [0.25, 0.3) is 0 Å². The lowest BCUT2D eigenvalue weighted by Gasteiger charge is -2.15. The molecule has 3 N–H and O–H groups in total. The molecule has 0 aliphatic rings. The lowest BCUT2D eigenvalue weighted by molar-refractivity contribution is 0.555. The van der Waals surface area contributed by atoms with E-state index in [0.29, 0.717) is 6.42 Å². The van der Waals surface area contributed by atoms with Crippen LogP contribution in [0.4, 0.5) is 4.39 Å². The first kappa shape index (κ1) is 14.1. The lowest BCUT2D eigenvalue weighted by Crippen LogP contribution is -2.29. The summed E-state index contributed by atoms with van der Waals surface area (Å²) in [6.07, 6.45) is 0.631. The van der Waals surface area contributed by atoms with Crippen LogP contribution in [-0.2, 0) is 6.42 Å². The first-order valence-electron chi connectivity index (χ1n) is 5.24. The maximum atomic E-state index is 13.3. The lowest BCUT2D eigenvalue weighted by atomic mass is 10.1. The van der Waals surface area contributed by atoms with E-state index in [-0.39, 0.29) is 11.9 Å². The Morgan fingerprint density at radius 1 is 1.33 bits per heavy atom. The molecule has 0 spiro atoms. The molecular formula is C12H11Br2FN2S. The number of nitrogens with two attached hydrogens (primary N) is 1. The first-order chi connectivity index (χ1) is 8.60. The van der Waals surface area contributed by atoms with Gasteiger partial charge in [-0.25, -0.2) is 4.39 Å². The van der Waals surface area contributed by atoms with Crippen molar-refractivity contribution in [2.75, 3.05) is 0 Å². The van der Waals surface area contributed by atoms with E-state index < -0.39 is 0 Å². The van der Waals surface area contributed by atoms with Crippen LogP contribution in [0.2, 0.25) is 0 Å². The number of thiophene rings is 1. The maximum absolute atomic E-state index is 13.3. The normalized spacial score (nSPS) is 12.7. The molecule has 6 heteroatoms. The fourth-order valence-electron chi connectivity index (χ4n) is 1.75. The number of hydrogen-bond acceptors (Lipinski definition) is 3. The van der Waals surface area contributed by atoms with Crippen molar-refractivity contribution in [2.45, 2.75) is 12.5 Å². The highest BCUT2D eigenvalue weighted by atomic mass is 79.9. The summed E-state index contributed by atoms with van der Waals surface area (Å²) in [5.41, 5.74) is 3.67. The molecule has 0 aliphatic heterocycles. The van der Waals surface area contributed by atoms with Gasteiger partial charge >= 0.3 is 0 Å². The van der Waals surface area contributed by atoms with Crippen molar-refractivity contribution in [1.29, 1.82) is 0 Å². The largest absolute Gasteiger partial charge is 0.271 e. The van der Waals surface area contributed by atoms with Gasteiger partial charge < -0.3 is 0 Å². The summed E-state index contributed by atoms with van der Waals surface area (Å²) in [6, 6.07) is 6.81. The van der Waals surface area contributed by atoms with Gasteiger partial charge in [-0.3, -0.25) is 11.3 Å². The molecule has 2 nitrogen and oxygen atoms in total. The summed E-state index contributed by atoms with van der Waals surface area (Å²) in [5, 5.41) is 1.99. The average molecular weight is 394 g/mol. The summed E-state index contributed by atoms with van der Waals surface area (Å²) in [4.78, 5) is 1.11. The summed E-state index contributed by atoms with van der Waals surface area (Å²) in [6.45, 7) is 0. The zero-order valence-corrected chi connectivity index (χ0v) is 13.3. The monoisotopic (exact) mass is 392 g/mol. The van der Waals surface area contributed by atoms with Crippen LogP contribution in [0.3, 0.4) is 0 Å². The number of nitrogens with one attached hydrogen (secondary N) is 1. The third-order valence-electron chi connectivity index (χ3n) is 2.52. The third-order valence-corrected chi connectivity index (χ3v) is 4.97. The fourth-order valence-corrected chi connectivity index (χ4v) is 3.97. The minimum Gasteiger partial charge on any atom is -0.271 e. The van der Waals surface area contributed by atoms with Crippen molar-refractivity contribution in [3.63, 3.8) is 0 Å². The van der Waals surface area contributed by atoms with E-state index in [1.54, 1.807) is 11.3 Å². The van der Waals surface area contributed by atoms with Crippen molar-refractivity contribution in [3.8, 4) is 0 Å². The van der Waals surface area contributed by atoms with E-state index >= 15 is 0 Å². The number of rotatable bonds is 4. The third kappa shape index (κ3) is 3.39. The molecule has 0 radical (unpaired) electrons. The van der Waals surface area contributed by atoms with Crippen LogP contribution >= 0.6 is 43.2 Å². The molecule has 0 aliphatic carbocycles. The Kier molecular flexibility index (Phi) is 4.91. The SMILES string of the molecule is NNC(Cc1cc(F)cc(Br)c1)c1sccc1Br. The van der Waals surface area contributed by atoms with Gasteiger partial charge in [0.15, 0.2) is 0 Å². The van der Waals surface area contributed by atoms with Gasteiger partial charge in [0.25, 0.3) is 0 Å². The first-order valence-corrected chi connectivity index (χ1v) is 7.70. The Hall–Kier alpha value is -0.270. The second-order valence-corrected chi connectivity index (χ2v) is 6.55. The van der Waals surface area contributed by atoms with E-state index in [1.807, 2.05) is 17.5 Å². The number of benzene rings is 1. The molecule has 1 heterocycles. The molecule has 1 unspecified atom stereocenters. The van der Waals surface area contributed by atoms with Gasteiger partial charge in [-0.2, -0.15) is 0 Å². The number of hydrogen-bond donors (Lipinski definition) is 2. The van der Waals surface area contributed by atoms with Gasteiger partial charge in [0.2, 0.25) is 0 Å². The molecule has 96 valence electrons. The molecule has 0 amide bonds. The molecule has 1 aromatic carbocycles. The molecule has 0 fully saturated rings. The maximum Gasteiger partial charge on any atom is 0.124 e. The van der Waals surface area contributed by atoms with Gasteiger partial charge in [0, 0.05) is 13.8 Å². The predicted octanol–water partition coefficient (Wildman–Crippen LogP) is 4.16. The standard InChI is InChI=1S/C12H11Br2FN2S/c13-8-3-7(4-9(15)6-8)5-11(17-16)12-10(14)1-2-18-12/h1-4,6,11,17H,5,16H2. The van der Waals surface area contributed by atoms with Crippen molar-refractivity contribution in [1.82, 2.24) is 5.43 Å².